The monoisotopic (exact) mass is 560 g/mol. The summed E-state index contributed by atoms with van der Waals surface area (Å²) in [5.74, 6) is 0.333. The predicted molar refractivity (Wildman–Crippen MR) is 160 cm³/mol. The Morgan fingerprint density at radius 3 is 2.42 bits per heavy atom. The Morgan fingerprint density at radius 1 is 1.00 bits per heavy atom. The van der Waals surface area contributed by atoms with Crippen molar-refractivity contribution in [3.63, 3.8) is 0 Å². The third kappa shape index (κ3) is 9.61. The number of amides is 2. The second kappa shape index (κ2) is 14.2. The maximum Gasteiger partial charge on any atom is 0.243 e. The highest BCUT2D eigenvalue weighted by molar-refractivity contribution is 7.07. The molecule has 1 heterocycles. The van der Waals surface area contributed by atoms with Crippen LogP contribution in [0.5, 0.6) is 5.75 Å². The fraction of sp³-hybridized carbons (Fsp3) is 0.406. The number of benzene rings is 2. The largest absolute Gasteiger partial charge is 0.489 e. The van der Waals surface area contributed by atoms with Gasteiger partial charge in [-0.3, -0.25) is 14.9 Å². The molecule has 0 radical (unpaired) electrons. The molecule has 0 aliphatic heterocycles. The van der Waals surface area contributed by atoms with Crippen molar-refractivity contribution in [2.75, 3.05) is 0 Å². The molecule has 0 saturated carbocycles. The van der Waals surface area contributed by atoms with Gasteiger partial charge in [-0.25, -0.2) is 4.98 Å². The van der Waals surface area contributed by atoms with Gasteiger partial charge in [-0.2, -0.15) is 0 Å². The zero-order valence-corrected chi connectivity index (χ0v) is 24.4. The van der Waals surface area contributed by atoms with Gasteiger partial charge in [-0.05, 0) is 63.3 Å². The summed E-state index contributed by atoms with van der Waals surface area (Å²) in [7, 11) is 0. The van der Waals surface area contributed by atoms with Crippen LogP contribution in [-0.4, -0.2) is 40.5 Å². The fourth-order valence-electron chi connectivity index (χ4n) is 4.62. The summed E-state index contributed by atoms with van der Waals surface area (Å²) in [6, 6.07) is 16.6. The highest BCUT2D eigenvalue weighted by atomic mass is 32.1. The molecule has 2 amide bonds. The number of ether oxygens (including phenoxy) is 1. The molecule has 7 nitrogen and oxygen atoms in total. The van der Waals surface area contributed by atoms with Crippen molar-refractivity contribution in [2.24, 2.45) is 0 Å². The molecular weight excluding hydrogens is 520 g/mol. The third-order valence-corrected chi connectivity index (χ3v) is 7.26. The van der Waals surface area contributed by atoms with Gasteiger partial charge in [0.25, 0.3) is 0 Å². The SMILES string of the molecule is CC(C)(C)NC(=O)[C@@H](Cc1ccc(OCc2ccccc2)cc1)NC(=O)[C@H](Cc1cscn1)NC1C=CCCC1. The second-order valence-electron chi connectivity index (χ2n) is 11.3. The average Bonchev–Trinajstić information content (AvgIpc) is 3.45. The summed E-state index contributed by atoms with van der Waals surface area (Å²) in [6.45, 7) is 6.29. The third-order valence-electron chi connectivity index (χ3n) is 6.63. The predicted octanol–water partition coefficient (Wildman–Crippen LogP) is 4.97. The molecule has 1 aliphatic carbocycles. The van der Waals surface area contributed by atoms with Crippen molar-refractivity contribution < 1.29 is 14.3 Å². The van der Waals surface area contributed by atoms with Gasteiger partial charge in [0.2, 0.25) is 11.8 Å². The molecule has 0 spiro atoms. The Kier molecular flexibility index (Phi) is 10.5. The van der Waals surface area contributed by atoms with E-state index in [-0.39, 0.29) is 17.9 Å². The Labute approximate surface area is 241 Å². The number of aromatic nitrogens is 1. The summed E-state index contributed by atoms with van der Waals surface area (Å²) in [5, 5.41) is 11.6. The highest BCUT2D eigenvalue weighted by Gasteiger charge is 2.29. The van der Waals surface area contributed by atoms with E-state index in [9.17, 15) is 9.59 Å². The molecule has 1 aliphatic rings. The van der Waals surface area contributed by atoms with E-state index in [0.29, 0.717) is 19.4 Å². The molecule has 1 aromatic heterocycles. The van der Waals surface area contributed by atoms with Crippen molar-refractivity contribution >= 4 is 23.2 Å². The molecule has 212 valence electrons. The van der Waals surface area contributed by atoms with Gasteiger partial charge in [0, 0.05) is 29.8 Å². The lowest BCUT2D eigenvalue weighted by Gasteiger charge is -2.29. The van der Waals surface area contributed by atoms with Gasteiger partial charge in [0.15, 0.2) is 0 Å². The average molecular weight is 561 g/mol. The molecule has 0 saturated heterocycles. The van der Waals surface area contributed by atoms with Gasteiger partial charge >= 0.3 is 0 Å². The van der Waals surface area contributed by atoms with Crippen LogP contribution in [0.1, 0.15) is 56.9 Å². The van der Waals surface area contributed by atoms with Crippen LogP contribution in [0.4, 0.5) is 0 Å². The summed E-state index contributed by atoms with van der Waals surface area (Å²) < 4.78 is 5.92. The number of carbonyl (C=O) groups is 2. The van der Waals surface area contributed by atoms with E-state index < -0.39 is 17.6 Å². The number of nitrogens with zero attached hydrogens (tertiary/aromatic N) is 1. The molecule has 3 N–H and O–H groups in total. The van der Waals surface area contributed by atoms with Crippen molar-refractivity contribution in [3.8, 4) is 5.75 Å². The summed E-state index contributed by atoms with van der Waals surface area (Å²) in [5.41, 5.74) is 4.23. The molecular formula is C32H40N4O3S. The van der Waals surface area contributed by atoms with Gasteiger partial charge in [-0.1, -0.05) is 54.6 Å². The fourth-order valence-corrected chi connectivity index (χ4v) is 5.19. The first-order valence-electron chi connectivity index (χ1n) is 13.9. The number of hydrogen-bond donors (Lipinski definition) is 3. The number of rotatable bonds is 12. The van der Waals surface area contributed by atoms with Crippen LogP contribution in [0.25, 0.3) is 0 Å². The number of carbonyl (C=O) groups excluding carboxylic acids is 2. The standard InChI is InChI=1S/C32H40N4O3S/c1-32(2,3)36-31(38)28(18-23-14-16-27(17-15-23)39-20-24-10-6-4-7-11-24)35-30(37)29(19-26-21-40-22-33-26)34-25-12-8-5-9-13-25/h4,6-8,10-12,14-17,21-22,25,28-29,34H,5,9,13,18-20H2,1-3H3,(H,35,37)(H,36,38)/t25?,28-,29+/m1/s1. The Balaban J connectivity index is 1.45. The lowest BCUT2D eigenvalue weighted by atomic mass is 9.99. The normalized spacial score (nSPS) is 16.6. The Bertz CT molecular complexity index is 1240. The zero-order chi connectivity index (χ0) is 28.4. The maximum absolute atomic E-state index is 13.7. The zero-order valence-electron chi connectivity index (χ0n) is 23.6. The molecule has 3 atom stereocenters. The molecule has 40 heavy (non-hydrogen) atoms. The topological polar surface area (TPSA) is 92.4 Å². The Hall–Kier alpha value is -3.49. The molecule has 1 unspecified atom stereocenters. The summed E-state index contributed by atoms with van der Waals surface area (Å²) >= 11 is 1.51. The summed E-state index contributed by atoms with van der Waals surface area (Å²) in [6.07, 6.45) is 8.24. The first-order valence-corrected chi connectivity index (χ1v) is 14.9. The number of hydrogen-bond acceptors (Lipinski definition) is 6. The number of nitrogens with one attached hydrogen (secondary N) is 3. The Morgan fingerprint density at radius 2 is 1.77 bits per heavy atom. The lowest BCUT2D eigenvalue weighted by Crippen LogP contribution is -2.57. The van der Waals surface area contributed by atoms with Crippen molar-refractivity contribution in [2.45, 2.75) is 83.1 Å². The second-order valence-corrected chi connectivity index (χ2v) is 12.0. The lowest BCUT2D eigenvalue weighted by molar-refractivity contribution is -0.130. The molecule has 0 bridgehead atoms. The highest BCUT2D eigenvalue weighted by Crippen LogP contribution is 2.17. The van der Waals surface area contributed by atoms with Crippen LogP contribution in [0.3, 0.4) is 0 Å². The van der Waals surface area contributed by atoms with Crippen molar-refractivity contribution in [1.82, 2.24) is 20.9 Å². The van der Waals surface area contributed by atoms with Crippen molar-refractivity contribution in [3.05, 3.63) is 94.5 Å². The van der Waals surface area contributed by atoms with Crippen LogP contribution in [0.15, 0.2) is 77.6 Å². The molecule has 2 aromatic carbocycles. The van der Waals surface area contributed by atoms with Crippen LogP contribution in [0, 0.1) is 0 Å². The van der Waals surface area contributed by atoms with Gasteiger partial charge < -0.3 is 15.4 Å². The smallest absolute Gasteiger partial charge is 0.243 e. The van der Waals surface area contributed by atoms with E-state index in [4.69, 9.17) is 4.74 Å². The minimum absolute atomic E-state index is 0.119. The van der Waals surface area contributed by atoms with E-state index in [1.165, 1.54) is 11.3 Å². The van der Waals surface area contributed by atoms with E-state index >= 15 is 0 Å². The van der Waals surface area contributed by atoms with Gasteiger partial charge in [0.05, 0.1) is 17.2 Å². The van der Waals surface area contributed by atoms with E-state index in [0.717, 1.165) is 41.8 Å². The van der Waals surface area contributed by atoms with E-state index in [1.807, 2.05) is 80.7 Å². The quantitative estimate of drug-likeness (QED) is 0.272. The molecule has 0 fully saturated rings. The van der Waals surface area contributed by atoms with Crippen LogP contribution < -0.4 is 20.7 Å². The van der Waals surface area contributed by atoms with Gasteiger partial charge in [0.1, 0.15) is 18.4 Å². The summed E-state index contributed by atoms with van der Waals surface area (Å²) in [4.78, 5) is 31.4. The van der Waals surface area contributed by atoms with Crippen molar-refractivity contribution in [1.29, 1.82) is 0 Å². The molecule has 4 rings (SSSR count). The van der Waals surface area contributed by atoms with Crippen LogP contribution >= 0.6 is 11.3 Å². The first kappa shape index (κ1) is 29.5. The van der Waals surface area contributed by atoms with E-state index in [2.05, 4.69) is 33.1 Å². The molecule has 8 heteroatoms. The number of allylic oxidation sites excluding steroid dienone is 1. The van der Waals surface area contributed by atoms with Gasteiger partial charge in [-0.15, -0.1) is 11.3 Å². The molecule has 3 aromatic rings. The van der Waals surface area contributed by atoms with Crippen LogP contribution in [0.2, 0.25) is 0 Å². The number of thiazole rings is 1. The minimum atomic E-state index is -0.732. The first-order chi connectivity index (χ1) is 19.2. The maximum atomic E-state index is 13.7. The van der Waals surface area contributed by atoms with E-state index in [1.54, 1.807) is 5.51 Å². The minimum Gasteiger partial charge on any atom is -0.489 e. The van der Waals surface area contributed by atoms with Crippen LogP contribution in [-0.2, 0) is 29.0 Å².